The van der Waals surface area contributed by atoms with E-state index in [1.54, 1.807) is 32.9 Å². The number of anilines is 1. The van der Waals surface area contributed by atoms with Gasteiger partial charge in [-0.3, -0.25) is 9.59 Å². The Morgan fingerprint density at radius 2 is 2.05 bits per heavy atom. The minimum atomic E-state index is -1.76. The van der Waals surface area contributed by atoms with Gasteiger partial charge in [0.15, 0.2) is 5.82 Å². The topological polar surface area (TPSA) is 148 Å². The van der Waals surface area contributed by atoms with E-state index in [1.165, 1.54) is 10.8 Å². The first kappa shape index (κ1) is 26.2. The van der Waals surface area contributed by atoms with Gasteiger partial charge in [0.2, 0.25) is 5.60 Å². The highest BCUT2D eigenvalue weighted by molar-refractivity contribution is 5.98. The van der Waals surface area contributed by atoms with Gasteiger partial charge < -0.3 is 24.6 Å². The zero-order valence-corrected chi connectivity index (χ0v) is 20.9. The second-order valence-corrected chi connectivity index (χ2v) is 9.21. The highest BCUT2D eigenvalue weighted by Gasteiger charge is 2.52. The van der Waals surface area contributed by atoms with E-state index in [4.69, 9.17) is 14.2 Å². The number of aliphatic hydroxyl groups is 1. The molecule has 0 spiro atoms. The van der Waals surface area contributed by atoms with Crippen LogP contribution in [0, 0.1) is 11.3 Å². The summed E-state index contributed by atoms with van der Waals surface area (Å²) in [5.74, 6) is -0.622. The van der Waals surface area contributed by atoms with Gasteiger partial charge in [0.1, 0.15) is 36.2 Å². The lowest BCUT2D eigenvalue weighted by Crippen LogP contribution is -2.40. The van der Waals surface area contributed by atoms with E-state index in [1.807, 2.05) is 30.3 Å². The number of nitrogens with one attached hydrogen (secondary N) is 1. The third-order valence-electron chi connectivity index (χ3n) is 6.21. The SMILES string of the molecule is CCOC(C)(C)C(=O)Nc1ncnn2c([C@]3(C#N)O[C@@H](COC(=O)Cc4ccccc4)C[C@H]3O)ccc12. The second kappa shape index (κ2) is 10.6. The molecule has 0 unspecified atom stereocenters. The number of nitrogens with zero attached hydrogens (tertiary/aromatic N) is 4. The molecule has 194 valence electrons. The maximum atomic E-state index is 12.7. The normalized spacial score (nSPS) is 21.5. The molecule has 0 saturated carbocycles. The van der Waals surface area contributed by atoms with Crippen molar-refractivity contribution in [1.82, 2.24) is 14.6 Å². The van der Waals surface area contributed by atoms with Crippen LogP contribution in [-0.2, 0) is 35.8 Å². The van der Waals surface area contributed by atoms with Crippen LogP contribution in [0.15, 0.2) is 48.8 Å². The third kappa shape index (κ3) is 5.32. The maximum absolute atomic E-state index is 12.7. The first-order valence-corrected chi connectivity index (χ1v) is 12.0. The number of aliphatic hydroxyl groups excluding tert-OH is 1. The van der Waals surface area contributed by atoms with Crippen molar-refractivity contribution in [3.05, 3.63) is 60.0 Å². The largest absolute Gasteiger partial charge is 0.463 e. The molecule has 0 radical (unpaired) electrons. The predicted molar refractivity (Wildman–Crippen MR) is 131 cm³/mol. The number of fused-ring (bicyclic) bond motifs is 1. The molecule has 37 heavy (non-hydrogen) atoms. The van der Waals surface area contributed by atoms with E-state index in [2.05, 4.69) is 21.5 Å². The molecule has 1 amide bonds. The number of esters is 1. The Bertz CT molecular complexity index is 1320. The minimum Gasteiger partial charge on any atom is -0.463 e. The third-order valence-corrected chi connectivity index (χ3v) is 6.21. The zero-order valence-electron chi connectivity index (χ0n) is 20.9. The van der Waals surface area contributed by atoms with E-state index < -0.39 is 35.3 Å². The lowest BCUT2D eigenvalue weighted by Gasteiger charge is -2.25. The summed E-state index contributed by atoms with van der Waals surface area (Å²) in [5.41, 5.74) is -1.36. The molecule has 11 nitrogen and oxygen atoms in total. The van der Waals surface area contributed by atoms with Crippen molar-refractivity contribution in [3.8, 4) is 6.07 Å². The Kier molecular flexibility index (Phi) is 7.54. The van der Waals surface area contributed by atoms with Crippen molar-refractivity contribution in [2.24, 2.45) is 0 Å². The van der Waals surface area contributed by atoms with Crippen LogP contribution >= 0.6 is 0 Å². The first-order chi connectivity index (χ1) is 17.7. The van der Waals surface area contributed by atoms with Crippen molar-refractivity contribution < 1.29 is 28.9 Å². The van der Waals surface area contributed by atoms with E-state index in [0.29, 0.717) is 12.1 Å². The number of rotatable bonds is 9. The van der Waals surface area contributed by atoms with Crippen LogP contribution in [0.1, 0.15) is 38.4 Å². The number of hydrogen-bond acceptors (Lipinski definition) is 9. The van der Waals surface area contributed by atoms with Gasteiger partial charge >= 0.3 is 5.97 Å². The number of amides is 1. The van der Waals surface area contributed by atoms with Crippen molar-refractivity contribution in [2.45, 2.75) is 57.0 Å². The molecule has 1 fully saturated rings. The summed E-state index contributed by atoms with van der Waals surface area (Å²) >= 11 is 0. The fourth-order valence-electron chi connectivity index (χ4n) is 4.29. The average Bonchev–Trinajstić information content (AvgIpc) is 3.45. The molecule has 3 heterocycles. The Balaban J connectivity index is 1.51. The van der Waals surface area contributed by atoms with Gasteiger partial charge in [0, 0.05) is 13.0 Å². The van der Waals surface area contributed by atoms with Gasteiger partial charge in [0.25, 0.3) is 5.91 Å². The zero-order chi connectivity index (χ0) is 26.6. The molecule has 0 aliphatic carbocycles. The van der Waals surface area contributed by atoms with Crippen LogP contribution in [0.4, 0.5) is 5.82 Å². The lowest BCUT2D eigenvalue weighted by atomic mass is 9.94. The monoisotopic (exact) mass is 507 g/mol. The van der Waals surface area contributed by atoms with E-state index in [0.717, 1.165) is 5.56 Å². The number of aromatic nitrogens is 3. The summed E-state index contributed by atoms with van der Waals surface area (Å²) in [5, 5.41) is 28.0. The molecule has 2 aromatic heterocycles. The molecule has 1 saturated heterocycles. The lowest BCUT2D eigenvalue weighted by molar-refractivity contribution is -0.148. The van der Waals surface area contributed by atoms with Crippen LogP contribution in [-0.4, -0.2) is 62.6 Å². The quantitative estimate of drug-likeness (QED) is 0.416. The van der Waals surface area contributed by atoms with E-state index in [9.17, 15) is 20.0 Å². The summed E-state index contributed by atoms with van der Waals surface area (Å²) < 4.78 is 18.2. The smallest absolute Gasteiger partial charge is 0.310 e. The molecular formula is C26H29N5O6. The number of carbonyl (C=O) groups excluding carboxylic acids is 2. The molecule has 2 N–H and O–H groups in total. The van der Waals surface area contributed by atoms with E-state index >= 15 is 0 Å². The summed E-state index contributed by atoms with van der Waals surface area (Å²) in [6.45, 7) is 5.33. The Morgan fingerprint density at radius 3 is 2.76 bits per heavy atom. The van der Waals surface area contributed by atoms with Crippen molar-refractivity contribution in [1.29, 1.82) is 5.26 Å². The minimum absolute atomic E-state index is 0.0800. The summed E-state index contributed by atoms with van der Waals surface area (Å²) in [4.78, 5) is 29.1. The molecular weight excluding hydrogens is 478 g/mol. The number of hydrogen-bond donors (Lipinski definition) is 2. The average molecular weight is 508 g/mol. The summed E-state index contributed by atoms with van der Waals surface area (Å²) in [6.07, 6.45) is -0.494. The molecule has 4 rings (SSSR count). The fourth-order valence-corrected chi connectivity index (χ4v) is 4.29. The van der Waals surface area contributed by atoms with Crippen LogP contribution in [0.3, 0.4) is 0 Å². The highest BCUT2D eigenvalue weighted by atomic mass is 16.6. The van der Waals surface area contributed by atoms with Crippen molar-refractivity contribution in [2.75, 3.05) is 18.5 Å². The summed E-state index contributed by atoms with van der Waals surface area (Å²) in [7, 11) is 0. The highest BCUT2D eigenvalue weighted by Crippen LogP contribution is 2.40. The molecule has 3 atom stereocenters. The van der Waals surface area contributed by atoms with Crippen LogP contribution in [0.25, 0.3) is 5.52 Å². The Hall–Kier alpha value is -3.85. The van der Waals surface area contributed by atoms with Crippen molar-refractivity contribution in [3.63, 3.8) is 0 Å². The number of ether oxygens (including phenoxy) is 3. The molecule has 3 aromatic rings. The Labute approximate surface area is 214 Å². The second-order valence-electron chi connectivity index (χ2n) is 9.21. The molecule has 11 heteroatoms. The number of carbonyl (C=O) groups is 2. The standard InChI is InChI=1S/C26H29N5O6/c1-4-36-25(2,3)24(34)30-23-19-10-11-20(31(19)29-16-28-23)26(15-27)21(32)13-18(37-26)14-35-22(33)12-17-8-6-5-7-9-17/h5-11,16,18,21,32H,4,12-14H2,1-3H3,(H,28,29,30,34)/t18-,21-,26+/m1/s1. The molecule has 1 aliphatic heterocycles. The van der Waals surface area contributed by atoms with Gasteiger partial charge in [-0.2, -0.15) is 10.4 Å². The van der Waals surface area contributed by atoms with Gasteiger partial charge in [0.05, 0.1) is 18.2 Å². The number of nitriles is 1. The predicted octanol–water partition coefficient (Wildman–Crippen LogP) is 2.14. The Morgan fingerprint density at radius 1 is 1.30 bits per heavy atom. The maximum Gasteiger partial charge on any atom is 0.310 e. The van der Waals surface area contributed by atoms with Crippen LogP contribution < -0.4 is 5.32 Å². The van der Waals surface area contributed by atoms with Gasteiger partial charge in [-0.25, -0.2) is 9.50 Å². The molecule has 0 bridgehead atoms. The van der Waals surface area contributed by atoms with E-state index in [-0.39, 0.29) is 31.0 Å². The first-order valence-electron chi connectivity index (χ1n) is 12.0. The van der Waals surface area contributed by atoms with Crippen LogP contribution in [0.5, 0.6) is 0 Å². The van der Waals surface area contributed by atoms with Gasteiger partial charge in [-0.05, 0) is 38.5 Å². The van der Waals surface area contributed by atoms with Gasteiger partial charge in [-0.1, -0.05) is 30.3 Å². The molecule has 1 aliphatic rings. The fraction of sp³-hybridized carbons (Fsp3) is 0.423. The van der Waals surface area contributed by atoms with Crippen molar-refractivity contribution >= 4 is 23.2 Å². The number of benzene rings is 1. The summed E-state index contributed by atoms with van der Waals surface area (Å²) in [6, 6.07) is 14.5. The van der Waals surface area contributed by atoms with Gasteiger partial charge in [-0.15, -0.1) is 0 Å². The molecule has 1 aromatic carbocycles. The van der Waals surface area contributed by atoms with Crippen LogP contribution in [0.2, 0.25) is 0 Å².